The molecule has 0 aromatic heterocycles. The van der Waals surface area contributed by atoms with Crippen LogP contribution in [0.15, 0.2) is 48.5 Å². The molecule has 0 N–H and O–H groups in total. The first kappa shape index (κ1) is 14.1. The van der Waals surface area contributed by atoms with E-state index in [0.29, 0.717) is 11.1 Å². The average Bonchev–Trinajstić information content (AvgIpc) is 2.39. The number of halogens is 3. The fraction of sp³-hybridized carbons (Fsp3) is 0.0769. The fourth-order valence-corrected chi connectivity index (χ4v) is 2.34. The summed E-state index contributed by atoms with van der Waals surface area (Å²) >= 11 is 18.4. The molecule has 6 heteroatoms. The predicted molar refractivity (Wildman–Crippen MR) is 77.0 cm³/mol. The molecule has 98 valence electrons. The van der Waals surface area contributed by atoms with E-state index in [1.165, 1.54) is 12.1 Å². The van der Waals surface area contributed by atoms with Crippen molar-refractivity contribution in [2.75, 3.05) is 0 Å². The maximum absolute atomic E-state index is 10.9. The van der Waals surface area contributed by atoms with Crippen molar-refractivity contribution in [3.63, 3.8) is 0 Å². The summed E-state index contributed by atoms with van der Waals surface area (Å²) in [6, 6.07) is 13.2. The lowest BCUT2D eigenvalue weighted by Crippen LogP contribution is -2.12. The summed E-state index contributed by atoms with van der Waals surface area (Å²) in [6.45, 7) is 0. The number of alkyl halides is 2. The summed E-state index contributed by atoms with van der Waals surface area (Å²) < 4.78 is -1.36. The predicted octanol–water partition coefficient (Wildman–Crippen LogP) is 4.93. The van der Waals surface area contributed by atoms with Crippen LogP contribution in [-0.4, -0.2) is 4.92 Å². The molecule has 0 unspecified atom stereocenters. The van der Waals surface area contributed by atoms with E-state index >= 15 is 0 Å². The number of benzene rings is 2. The van der Waals surface area contributed by atoms with Crippen LogP contribution in [0, 0.1) is 10.1 Å². The van der Waals surface area contributed by atoms with Crippen LogP contribution in [0.4, 0.5) is 5.69 Å². The molecule has 2 aromatic rings. The van der Waals surface area contributed by atoms with E-state index in [1.54, 1.807) is 30.3 Å². The van der Waals surface area contributed by atoms with Crippen molar-refractivity contribution < 1.29 is 4.92 Å². The highest BCUT2D eigenvalue weighted by Gasteiger charge is 2.31. The molecule has 2 rings (SSSR count). The van der Waals surface area contributed by atoms with Gasteiger partial charge in [0.15, 0.2) is 4.33 Å². The zero-order valence-electron chi connectivity index (χ0n) is 9.52. The van der Waals surface area contributed by atoms with Crippen molar-refractivity contribution in [3.05, 3.63) is 74.8 Å². The van der Waals surface area contributed by atoms with Crippen LogP contribution in [0.25, 0.3) is 0 Å². The number of rotatable bonds is 3. The average molecular weight is 317 g/mol. The van der Waals surface area contributed by atoms with Crippen molar-refractivity contribution >= 4 is 40.5 Å². The Morgan fingerprint density at radius 3 is 2.21 bits per heavy atom. The number of nitro groups is 1. The van der Waals surface area contributed by atoms with Crippen molar-refractivity contribution in [1.29, 1.82) is 0 Å². The number of nitrogens with zero attached hydrogens (tertiary/aromatic N) is 1. The second kappa shape index (κ2) is 5.37. The second-order valence-electron chi connectivity index (χ2n) is 3.86. The molecular weight excluding hydrogens is 309 g/mol. The van der Waals surface area contributed by atoms with Crippen LogP contribution in [0.2, 0.25) is 5.02 Å². The molecule has 0 saturated heterocycles. The van der Waals surface area contributed by atoms with Gasteiger partial charge in [-0.05, 0) is 17.2 Å². The highest BCUT2D eigenvalue weighted by atomic mass is 35.5. The molecule has 0 spiro atoms. The lowest BCUT2D eigenvalue weighted by Gasteiger charge is -2.20. The van der Waals surface area contributed by atoms with E-state index in [4.69, 9.17) is 34.8 Å². The zero-order valence-corrected chi connectivity index (χ0v) is 11.8. The third-order valence-electron chi connectivity index (χ3n) is 2.64. The molecule has 0 amide bonds. The summed E-state index contributed by atoms with van der Waals surface area (Å²) in [5.41, 5.74) is 0.814. The lowest BCUT2D eigenvalue weighted by atomic mass is 10.0. The molecular formula is C13H8Cl3NO2. The Morgan fingerprint density at radius 1 is 1.00 bits per heavy atom. The number of hydrogen-bond donors (Lipinski definition) is 0. The van der Waals surface area contributed by atoms with Gasteiger partial charge in [-0.1, -0.05) is 71.2 Å². The van der Waals surface area contributed by atoms with Crippen LogP contribution >= 0.6 is 34.8 Å². The highest BCUT2D eigenvalue weighted by molar-refractivity contribution is 6.50. The van der Waals surface area contributed by atoms with Gasteiger partial charge >= 0.3 is 0 Å². The summed E-state index contributed by atoms with van der Waals surface area (Å²) in [7, 11) is 0. The molecule has 0 atom stereocenters. The van der Waals surface area contributed by atoms with Crippen LogP contribution in [-0.2, 0) is 4.33 Å². The van der Waals surface area contributed by atoms with Gasteiger partial charge in [0, 0.05) is 6.07 Å². The molecule has 0 aliphatic heterocycles. The highest BCUT2D eigenvalue weighted by Crippen LogP contribution is 2.42. The Bertz CT molecular complexity index is 615. The standard InChI is InChI=1S/C13H8Cl3NO2/c14-11-7-6-10(8-12(11)17(18)19)13(15,16)9-4-2-1-3-5-9/h1-8H. The van der Waals surface area contributed by atoms with Gasteiger partial charge in [-0.3, -0.25) is 10.1 Å². The number of nitro benzene ring substituents is 1. The Hall–Kier alpha value is -1.29. The van der Waals surface area contributed by atoms with Gasteiger partial charge in [0.05, 0.1) is 4.92 Å². The Kier molecular flexibility index (Phi) is 3.99. The lowest BCUT2D eigenvalue weighted by molar-refractivity contribution is -0.384. The molecule has 3 nitrogen and oxygen atoms in total. The summed E-state index contributed by atoms with van der Waals surface area (Å²) in [5.74, 6) is 0. The van der Waals surface area contributed by atoms with Gasteiger partial charge in [-0.15, -0.1) is 0 Å². The first-order valence-corrected chi connectivity index (χ1v) is 6.44. The maximum atomic E-state index is 10.9. The topological polar surface area (TPSA) is 43.1 Å². The van der Waals surface area contributed by atoms with Gasteiger partial charge < -0.3 is 0 Å². The summed E-state index contributed by atoms with van der Waals surface area (Å²) in [5, 5.41) is 10.9. The Labute approximate surface area is 124 Å². The smallest absolute Gasteiger partial charge is 0.258 e. The molecule has 2 aromatic carbocycles. The van der Waals surface area contributed by atoms with Crippen molar-refractivity contribution in [3.8, 4) is 0 Å². The van der Waals surface area contributed by atoms with Gasteiger partial charge in [-0.25, -0.2) is 0 Å². The van der Waals surface area contributed by atoms with Crippen LogP contribution in [0.1, 0.15) is 11.1 Å². The van der Waals surface area contributed by atoms with Gasteiger partial charge in [0.2, 0.25) is 0 Å². The minimum absolute atomic E-state index is 0.0472. The van der Waals surface area contributed by atoms with Gasteiger partial charge in [0.25, 0.3) is 5.69 Å². The summed E-state index contributed by atoms with van der Waals surface area (Å²) in [6.07, 6.45) is 0. The van der Waals surface area contributed by atoms with Gasteiger partial charge in [0.1, 0.15) is 5.02 Å². The minimum atomic E-state index is -1.36. The van der Waals surface area contributed by atoms with Crippen molar-refractivity contribution in [1.82, 2.24) is 0 Å². The summed E-state index contributed by atoms with van der Waals surface area (Å²) in [4.78, 5) is 10.3. The maximum Gasteiger partial charge on any atom is 0.288 e. The van der Waals surface area contributed by atoms with E-state index in [1.807, 2.05) is 6.07 Å². The third-order valence-corrected chi connectivity index (χ3v) is 3.83. The van der Waals surface area contributed by atoms with Gasteiger partial charge in [-0.2, -0.15) is 0 Å². The molecule has 0 aliphatic carbocycles. The van der Waals surface area contributed by atoms with E-state index in [0.717, 1.165) is 0 Å². The van der Waals surface area contributed by atoms with E-state index < -0.39 is 9.26 Å². The SMILES string of the molecule is O=[N+]([O-])c1cc(C(Cl)(Cl)c2ccccc2)ccc1Cl. The molecule has 0 saturated carbocycles. The van der Waals surface area contributed by atoms with E-state index in [9.17, 15) is 10.1 Å². The largest absolute Gasteiger partial charge is 0.288 e. The first-order chi connectivity index (χ1) is 8.93. The number of hydrogen-bond acceptors (Lipinski definition) is 2. The van der Waals surface area contributed by atoms with Crippen LogP contribution in [0.3, 0.4) is 0 Å². The molecule has 0 radical (unpaired) electrons. The zero-order chi connectivity index (χ0) is 14.0. The second-order valence-corrected chi connectivity index (χ2v) is 5.60. The fourth-order valence-electron chi connectivity index (χ4n) is 1.66. The minimum Gasteiger partial charge on any atom is -0.258 e. The quantitative estimate of drug-likeness (QED) is 0.458. The molecule has 0 heterocycles. The van der Waals surface area contributed by atoms with Crippen LogP contribution < -0.4 is 0 Å². The normalized spacial score (nSPS) is 11.3. The Morgan fingerprint density at radius 2 is 1.63 bits per heavy atom. The molecule has 0 bridgehead atoms. The van der Waals surface area contributed by atoms with Crippen molar-refractivity contribution in [2.45, 2.75) is 4.33 Å². The third kappa shape index (κ3) is 2.84. The van der Waals surface area contributed by atoms with Crippen molar-refractivity contribution in [2.24, 2.45) is 0 Å². The van der Waals surface area contributed by atoms with E-state index in [-0.39, 0.29) is 10.7 Å². The first-order valence-electron chi connectivity index (χ1n) is 5.30. The van der Waals surface area contributed by atoms with Crippen LogP contribution in [0.5, 0.6) is 0 Å². The Balaban J connectivity index is 2.53. The molecule has 19 heavy (non-hydrogen) atoms. The van der Waals surface area contributed by atoms with E-state index in [2.05, 4.69) is 0 Å². The molecule has 0 aliphatic rings. The monoisotopic (exact) mass is 315 g/mol. The molecule has 0 fully saturated rings.